The molecule has 0 fully saturated rings. The topological polar surface area (TPSA) is 18.5 Å². The van der Waals surface area contributed by atoms with Crippen LogP contribution in [0.4, 0.5) is 26.3 Å². The zero-order valence-corrected chi connectivity index (χ0v) is 9.73. The Bertz CT molecular complexity index is 392. The van der Waals surface area contributed by atoms with Crippen molar-refractivity contribution < 1.29 is 35.8 Å². The average Bonchev–Trinajstić information content (AvgIpc) is 2.26. The Morgan fingerprint density at radius 1 is 0.947 bits per heavy atom. The summed E-state index contributed by atoms with van der Waals surface area (Å²) in [6, 6.07) is 1.73. The molecule has 0 aliphatic carbocycles. The van der Waals surface area contributed by atoms with Gasteiger partial charge in [0, 0.05) is 6.61 Å². The van der Waals surface area contributed by atoms with E-state index in [9.17, 15) is 26.3 Å². The van der Waals surface area contributed by atoms with Crippen LogP contribution >= 0.6 is 0 Å². The van der Waals surface area contributed by atoms with Gasteiger partial charge in [0.25, 0.3) is 0 Å². The van der Waals surface area contributed by atoms with Crippen LogP contribution in [-0.2, 0) is 17.1 Å². The number of ether oxygens (including phenoxy) is 2. The largest absolute Gasteiger partial charge is 0.466 e. The van der Waals surface area contributed by atoms with E-state index in [-0.39, 0.29) is 6.61 Å². The van der Waals surface area contributed by atoms with Crippen LogP contribution in [0.2, 0.25) is 0 Å². The fourth-order valence-electron chi connectivity index (χ4n) is 1.32. The highest BCUT2D eigenvalue weighted by Gasteiger charge is 2.41. The molecule has 0 amide bonds. The van der Waals surface area contributed by atoms with Gasteiger partial charge in [-0.15, -0.1) is 0 Å². The predicted octanol–water partition coefficient (Wildman–Crippen LogP) is 4.10. The zero-order chi connectivity index (χ0) is 14.7. The van der Waals surface area contributed by atoms with Gasteiger partial charge in [0.05, 0.1) is 11.1 Å². The fourth-order valence-corrected chi connectivity index (χ4v) is 1.32. The summed E-state index contributed by atoms with van der Waals surface area (Å²) >= 11 is 0. The van der Waals surface area contributed by atoms with Crippen molar-refractivity contribution in [2.75, 3.05) is 13.4 Å². The molecule has 0 atom stereocenters. The van der Waals surface area contributed by atoms with Crippen LogP contribution < -0.4 is 4.74 Å². The molecular weight excluding hydrogens is 278 g/mol. The molecule has 108 valence electrons. The van der Waals surface area contributed by atoms with Crippen molar-refractivity contribution >= 4 is 0 Å². The third-order valence-electron chi connectivity index (χ3n) is 2.12. The normalized spacial score (nSPS) is 12.6. The molecule has 0 unspecified atom stereocenters. The Morgan fingerprint density at radius 3 is 1.79 bits per heavy atom. The molecule has 0 heterocycles. The summed E-state index contributed by atoms with van der Waals surface area (Å²) in [5.41, 5.74) is -2.97. The van der Waals surface area contributed by atoms with E-state index in [1.807, 2.05) is 0 Å². The molecule has 0 aromatic heterocycles. The maximum atomic E-state index is 12.6. The minimum Gasteiger partial charge on any atom is -0.466 e. The summed E-state index contributed by atoms with van der Waals surface area (Å²) in [4.78, 5) is 0. The average molecular weight is 288 g/mol. The minimum absolute atomic E-state index is 0.107. The summed E-state index contributed by atoms with van der Waals surface area (Å²) in [6.07, 6.45) is -9.88. The number of alkyl halides is 6. The lowest BCUT2D eigenvalue weighted by Gasteiger charge is -2.18. The number of halogens is 6. The van der Waals surface area contributed by atoms with E-state index in [2.05, 4.69) is 9.47 Å². The number of rotatable bonds is 4. The molecule has 19 heavy (non-hydrogen) atoms. The predicted molar refractivity (Wildman–Crippen MR) is 53.6 cm³/mol. The second-order valence-corrected chi connectivity index (χ2v) is 3.43. The quantitative estimate of drug-likeness (QED) is 0.472. The van der Waals surface area contributed by atoms with Gasteiger partial charge in [-0.05, 0) is 19.1 Å². The molecule has 0 saturated carbocycles. The number of hydrogen-bond acceptors (Lipinski definition) is 2. The summed E-state index contributed by atoms with van der Waals surface area (Å²) in [5, 5.41) is 0. The van der Waals surface area contributed by atoms with E-state index in [0.29, 0.717) is 18.2 Å². The van der Waals surface area contributed by atoms with E-state index >= 15 is 0 Å². The first kappa shape index (κ1) is 15.6. The van der Waals surface area contributed by atoms with Gasteiger partial charge in [0.2, 0.25) is 0 Å². The van der Waals surface area contributed by atoms with Crippen LogP contribution in [0.3, 0.4) is 0 Å². The maximum Gasteiger partial charge on any atom is 0.419 e. The molecule has 1 aromatic carbocycles. The van der Waals surface area contributed by atoms with Crippen LogP contribution in [0.25, 0.3) is 0 Å². The second kappa shape index (κ2) is 5.68. The number of hydrogen-bond donors (Lipinski definition) is 0. The smallest absolute Gasteiger partial charge is 0.419 e. The Labute approximate surface area is 104 Å². The zero-order valence-electron chi connectivity index (χ0n) is 9.73. The van der Waals surface area contributed by atoms with Crippen molar-refractivity contribution in [2.24, 2.45) is 0 Å². The fraction of sp³-hybridized carbons (Fsp3) is 0.455. The van der Waals surface area contributed by atoms with Crippen LogP contribution in [0.5, 0.6) is 5.75 Å². The van der Waals surface area contributed by atoms with Crippen LogP contribution in [0.15, 0.2) is 18.2 Å². The lowest BCUT2D eigenvalue weighted by Crippen LogP contribution is -2.16. The Hall–Kier alpha value is -1.44. The Balaban J connectivity index is 3.25. The lowest BCUT2D eigenvalue weighted by molar-refractivity contribution is -0.147. The van der Waals surface area contributed by atoms with E-state index in [4.69, 9.17) is 0 Å². The van der Waals surface area contributed by atoms with Crippen molar-refractivity contribution in [3.8, 4) is 5.75 Å². The Morgan fingerprint density at radius 2 is 1.42 bits per heavy atom. The van der Waals surface area contributed by atoms with Gasteiger partial charge in [-0.25, -0.2) is 0 Å². The molecule has 0 bridgehead atoms. The molecule has 0 aliphatic rings. The molecule has 1 aromatic rings. The maximum absolute atomic E-state index is 12.6. The first-order chi connectivity index (χ1) is 8.68. The highest BCUT2D eigenvalue weighted by atomic mass is 19.4. The van der Waals surface area contributed by atoms with E-state index < -0.39 is 36.0 Å². The Kier molecular flexibility index (Phi) is 4.67. The van der Waals surface area contributed by atoms with Crippen molar-refractivity contribution in [3.63, 3.8) is 0 Å². The van der Waals surface area contributed by atoms with Crippen molar-refractivity contribution in [1.29, 1.82) is 0 Å². The minimum atomic E-state index is -4.94. The lowest BCUT2D eigenvalue weighted by atomic mass is 10.1. The SMILES string of the molecule is CCOCOc1c(C(F)(F)F)cccc1C(F)(F)F. The van der Waals surface area contributed by atoms with Gasteiger partial charge in [-0.2, -0.15) is 26.3 Å². The first-order valence-corrected chi connectivity index (χ1v) is 5.16. The van der Waals surface area contributed by atoms with E-state index in [1.165, 1.54) is 6.92 Å². The van der Waals surface area contributed by atoms with Gasteiger partial charge in [-0.1, -0.05) is 6.07 Å². The van der Waals surface area contributed by atoms with Crippen molar-refractivity contribution in [3.05, 3.63) is 29.3 Å². The van der Waals surface area contributed by atoms with Crippen LogP contribution in [0.1, 0.15) is 18.1 Å². The molecule has 1 rings (SSSR count). The molecule has 2 nitrogen and oxygen atoms in total. The van der Waals surface area contributed by atoms with Crippen molar-refractivity contribution in [1.82, 2.24) is 0 Å². The summed E-state index contributed by atoms with van der Waals surface area (Å²) in [5.74, 6) is -1.27. The molecule has 0 N–H and O–H groups in total. The van der Waals surface area contributed by atoms with E-state index in [1.54, 1.807) is 0 Å². The molecule has 0 aliphatic heterocycles. The second-order valence-electron chi connectivity index (χ2n) is 3.43. The van der Waals surface area contributed by atoms with E-state index in [0.717, 1.165) is 0 Å². The van der Waals surface area contributed by atoms with Gasteiger partial charge in [0.15, 0.2) is 6.79 Å². The summed E-state index contributed by atoms with van der Waals surface area (Å²) < 4.78 is 84.9. The van der Waals surface area contributed by atoms with Crippen LogP contribution in [0, 0.1) is 0 Å². The number of benzene rings is 1. The first-order valence-electron chi connectivity index (χ1n) is 5.16. The third kappa shape index (κ3) is 4.02. The summed E-state index contributed by atoms with van der Waals surface area (Å²) in [7, 11) is 0. The highest BCUT2D eigenvalue weighted by Crippen LogP contribution is 2.43. The van der Waals surface area contributed by atoms with Gasteiger partial charge in [0.1, 0.15) is 5.75 Å². The molecule has 0 radical (unpaired) electrons. The summed E-state index contributed by atoms with van der Waals surface area (Å²) in [6.45, 7) is 0.950. The molecular formula is C11H10F6O2. The highest BCUT2D eigenvalue weighted by molar-refractivity contribution is 5.44. The standard InChI is InChI=1S/C11H10F6O2/c1-2-18-6-19-9-7(10(12,13)14)4-3-5-8(9)11(15,16)17/h3-5H,2,6H2,1H3. The van der Waals surface area contributed by atoms with Crippen molar-refractivity contribution in [2.45, 2.75) is 19.3 Å². The monoisotopic (exact) mass is 288 g/mol. The molecule has 0 saturated heterocycles. The van der Waals surface area contributed by atoms with Gasteiger partial charge >= 0.3 is 12.4 Å². The third-order valence-corrected chi connectivity index (χ3v) is 2.12. The number of para-hydroxylation sites is 1. The molecule has 8 heteroatoms. The van der Waals surface area contributed by atoms with Gasteiger partial charge < -0.3 is 9.47 Å². The van der Waals surface area contributed by atoms with Crippen LogP contribution in [-0.4, -0.2) is 13.4 Å². The van der Waals surface area contributed by atoms with Gasteiger partial charge in [-0.3, -0.25) is 0 Å². The molecule has 0 spiro atoms.